The van der Waals surface area contributed by atoms with Crippen LogP contribution >= 0.6 is 0 Å². The van der Waals surface area contributed by atoms with Crippen molar-refractivity contribution in [3.63, 3.8) is 0 Å². The Morgan fingerprint density at radius 2 is 1.54 bits per heavy atom. The Hall–Kier alpha value is -3.85. The third-order valence-electron chi connectivity index (χ3n) is 6.94. The third-order valence-corrected chi connectivity index (χ3v) is 8.72. The van der Waals surface area contributed by atoms with Crippen LogP contribution < -0.4 is 14.4 Å². The molecule has 1 N–H and O–H groups in total. The Bertz CT molecular complexity index is 1470. The van der Waals surface area contributed by atoms with E-state index in [-0.39, 0.29) is 29.0 Å². The maximum Gasteiger partial charge on any atom is 0.264 e. The van der Waals surface area contributed by atoms with Gasteiger partial charge in [-0.15, -0.1) is 0 Å². The fourth-order valence-corrected chi connectivity index (χ4v) is 5.77. The summed E-state index contributed by atoms with van der Waals surface area (Å²) in [6.45, 7) is 11.4. The highest BCUT2D eigenvalue weighted by Gasteiger charge is 2.34. The molecule has 0 heterocycles. The molecule has 2 amide bonds. The van der Waals surface area contributed by atoms with E-state index < -0.39 is 28.5 Å². The number of methoxy groups -OCH3 is 1. The van der Waals surface area contributed by atoms with Gasteiger partial charge in [-0.05, 0) is 74.6 Å². The summed E-state index contributed by atoms with van der Waals surface area (Å²) >= 11 is 0. The number of hydrogen-bond acceptors (Lipinski definition) is 5. The summed E-state index contributed by atoms with van der Waals surface area (Å²) in [5, 5.41) is 2.91. The average Bonchev–Trinajstić information content (AvgIpc) is 2.93. The number of anilines is 1. The molecule has 0 bridgehead atoms. The van der Waals surface area contributed by atoms with Crippen LogP contribution in [0.2, 0.25) is 0 Å². The van der Waals surface area contributed by atoms with E-state index in [9.17, 15) is 18.0 Å². The Kier molecular flexibility index (Phi) is 10.6. The first-order valence-corrected chi connectivity index (χ1v) is 15.1. The van der Waals surface area contributed by atoms with E-state index in [1.54, 1.807) is 31.2 Å². The molecule has 0 saturated heterocycles. The summed E-state index contributed by atoms with van der Waals surface area (Å²) in [5.74, 6) is -0.274. The van der Waals surface area contributed by atoms with Crippen LogP contribution in [0, 0.1) is 26.7 Å². The number of carbonyl (C=O) groups excluding carboxylic acids is 2. The van der Waals surface area contributed by atoms with Gasteiger partial charge in [-0.2, -0.15) is 0 Å². The summed E-state index contributed by atoms with van der Waals surface area (Å²) in [6, 6.07) is 18.4. The van der Waals surface area contributed by atoms with E-state index in [0.29, 0.717) is 12.3 Å². The smallest absolute Gasteiger partial charge is 0.264 e. The molecule has 0 aromatic heterocycles. The first kappa shape index (κ1) is 31.7. The van der Waals surface area contributed by atoms with Crippen LogP contribution in [-0.2, 0) is 26.2 Å². The van der Waals surface area contributed by atoms with E-state index in [1.165, 1.54) is 24.1 Å². The molecule has 1 atom stereocenters. The van der Waals surface area contributed by atoms with Gasteiger partial charge < -0.3 is 15.0 Å². The predicted octanol–water partition coefficient (Wildman–Crippen LogP) is 5.01. The second kappa shape index (κ2) is 13.7. The van der Waals surface area contributed by atoms with Crippen molar-refractivity contribution in [2.24, 2.45) is 5.92 Å². The number of sulfonamides is 1. The van der Waals surface area contributed by atoms with Crippen molar-refractivity contribution in [1.29, 1.82) is 0 Å². The SMILES string of the molecule is COc1ccc(C)cc1N(CC(=O)N(Cc1ccccc1C)[C@H](C)C(=O)NCC(C)C)S(=O)(=O)c1ccc(C)cc1. The molecule has 41 heavy (non-hydrogen) atoms. The Morgan fingerprint density at radius 3 is 2.15 bits per heavy atom. The summed E-state index contributed by atoms with van der Waals surface area (Å²) in [4.78, 5) is 28.8. The molecule has 3 aromatic carbocycles. The highest BCUT2D eigenvalue weighted by molar-refractivity contribution is 7.92. The van der Waals surface area contributed by atoms with E-state index >= 15 is 0 Å². The fraction of sp³-hybridized carbons (Fsp3) is 0.375. The van der Waals surface area contributed by atoms with E-state index in [2.05, 4.69) is 5.32 Å². The standard InChI is InChI=1S/C32H41N3O5S/c1-22(2)19-33-32(37)26(6)34(20-27-11-9-8-10-25(27)5)31(36)21-35(29-18-24(4)14-17-30(29)40-7)41(38,39)28-15-12-23(3)13-16-28/h8-18,22,26H,19-21H2,1-7H3,(H,33,37)/t26-/m1/s1. The van der Waals surface area contributed by atoms with Gasteiger partial charge in [-0.25, -0.2) is 8.42 Å². The Labute approximate surface area is 244 Å². The number of nitrogens with one attached hydrogen (secondary N) is 1. The van der Waals surface area contributed by atoms with Crippen LogP contribution in [-0.4, -0.2) is 51.4 Å². The number of carbonyl (C=O) groups is 2. The molecule has 0 saturated carbocycles. The molecular formula is C32H41N3O5S. The minimum Gasteiger partial charge on any atom is -0.495 e. The molecule has 0 aliphatic carbocycles. The van der Waals surface area contributed by atoms with Gasteiger partial charge in [0.05, 0.1) is 17.7 Å². The highest BCUT2D eigenvalue weighted by Crippen LogP contribution is 2.34. The van der Waals surface area contributed by atoms with Crippen molar-refractivity contribution in [3.05, 3.63) is 89.0 Å². The van der Waals surface area contributed by atoms with Gasteiger partial charge in [-0.3, -0.25) is 13.9 Å². The van der Waals surface area contributed by atoms with Crippen molar-refractivity contribution < 1.29 is 22.7 Å². The quantitative estimate of drug-likeness (QED) is 0.326. The van der Waals surface area contributed by atoms with Gasteiger partial charge in [0.1, 0.15) is 18.3 Å². The summed E-state index contributed by atoms with van der Waals surface area (Å²) in [7, 11) is -2.74. The van der Waals surface area contributed by atoms with Gasteiger partial charge >= 0.3 is 0 Å². The van der Waals surface area contributed by atoms with Crippen LogP contribution in [0.5, 0.6) is 5.75 Å². The molecule has 3 aromatic rings. The molecule has 0 aliphatic heterocycles. The number of hydrogen-bond donors (Lipinski definition) is 1. The zero-order chi connectivity index (χ0) is 30.3. The van der Waals surface area contributed by atoms with Crippen molar-refractivity contribution in [3.8, 4) is 5.75 Å². The van der Waals surface area contributed by atoms with Crippen LogP contribution in [0.4, 0.5) is 5.69 Å². The van der Waals surface area contributed by atoms with Crippen LogP contribution in [0.1, 0.15) is 43.0 Å². The maximum absolute atomic E-state index is 14.1. The van der Waals surface area contributed by atoms with Gasteiger partial charge in [-0.1, -0.05) is 61.9 Å². The highest BCUT2D eigenvalue weighted by atomic mass is 32.2. The molecule has 0 radical (unpaired) electrons. The largest absolute Gasteiger partial charge is 0.495 e. The molecule has 0 fully saturated rings. The van der Waals surface area contributed by atoms with E-state index in [1.807, 2.05) is 65.0 Å². The number of benzene rings is 3. The number of aryl methyl sites for hydroxylation is 3. The van der Waals surface area contributed by atoms with Crippen molar-refractivity contribution >= 4 is 27.5 Å². The van der Waals surface area contributed by atoms with E-state index in [4.69, 9.17) is 4.74 Å². The average molecular weight is 580 g/mol. The minimum atomic E-state index is -4.19. The van der Waals surface area contributed by atoms with Gasteiger partial charge in [0.25, 0.3) is 10.0 Å². The number of nitrogens with zero attached hydrogens (tertiary/aromatic N) is 2. The lowest BCUT2D eigenvalue weighted by Gasteiger charge is -2.33. The third kappa shape index (κ3) is 7.88. The van der Waals surface area contributed by atoms with Crippen LogP contribution in [0.3, 0.4) is 0 Å². The summed E-state index contributed by atoms with van der Waals surface area (Å²) < 4.78 is 34.8. The molecule has 0 aliphatic rings. The Morgan fingerprint density at radius 1 is 0.902 bits per heavy atom. The van der Waals surface area contributed by atoms with E-state index in [0.717, 1.165) is 26.6 Å². The first-order chi connectivity index (χ1) is 19.3. The molecule has 9 heteroatoms. The van der Waals surface area contributed by atoms with Gasteiger partial charge in [0.15, 0.2) is 0 Å². The number of rotatable bonds is 12. The van der Waals surface area contributed by atoms with Crippen LogP contribution in [0.25, 0.3) is 0 Å². The number of ether oxygens (including phenoxy) is 1. The Balaban J connectivity index is 2.09. The van der Waals surface area contributed by atoms with Crippen molar-refractivity contribution in [2.75, 3.05) is 24.5 Å². The van der Waals surface area contributed by atoms with Crippen LogP contribution in [0.15, 0.2) is 71.6 Å². The lowest BCUT2D eigenvalue weighted by atomic mass is 10.1. The zero-order valence-corrected chi connectivity index (χ0v) is 25.8. The first-order valence-electron chi connectivity index (χ1n) is 13.7. The fourth-order valence-electron chi connectivity index (χ4n) is 4.35. The summed E-state index contributed by atoms with van der Waals surface area (Å²) in [5.41, 5.74) is 3.78. The minimum absolute atomic E-state index is 0.0487. The monoisotopic (exact) mass is 579 g/mol. The lowest BCUT2D eigenvalue weighted by molar-refractivity contribution is -0.139. The zero-order valence-electron chi connectivity index (χ0n) is 25.0. The maximum atomic E-state index is 14.1. The normalized spacial score (nSPS) is 12.1. The van der Waals surface area contributed by atoms with Gasteiger partial charge in [0.2, 0.25) is 11.8 Å². The second-order valence-electron chi connectivity index (χ2n) is 10.8. The van der Waals surface area contributed by atoms with Crippen molar-refractivity contribution in [2.45, 2.75) is 59.0 Å². The topological polar surface area (TPSA) is 96.0 Å². The van der Waals surface area contributed by atoms with Gasteiger partial charge in [0, 0.05) is 13.1 Å². The second-order valence-corrected chi connectivity index (χ2v) is 12.6. The summed E-state index contributed by atoms with van der Waals surface area (Å²) in [6.07, 6.45) is 0. The molecular weight excluding hydrogens is 538 g/mol. The molecule has 0 spiro atoms. The molecule has 3 rings (SSSR count). The number of amides is 2. The van der Waals surface area contributed by atoms with Crippen molar-refractivity contribution in [1.82, 2.24) is 10.2 Å². The predicted molar refractivity (Wildman–Crippen MR) is 162 cm³/mol. The molecule has 8 nitrogen and oxygen atoms in total. The lowest BCUT2D eigenvalue weighted by Crippen LogP contribution is -2.51. The molecule has 0 unspecified atom stereocenters. The molecule has 220 valence electrons.